The maximum Gasteiger partial charge on any atom is 0.419 e. The van der Waals surface area contributed by atoms with E-state index in [-0.39, 0.29) is 23.8 Å². The van der Waals surface area contributed by atoms with Crippen molar-refractivity contribution in [2.24, 2.45) is 11.8 Å². The number of nitrogens with one attached hydrogen (secondary N) is 1. The van der Waals surface area contributed by atoms with Crippen LogP contribution in [0.15, 0.2) is 30.6 Å². The number of aromatic nitrogens is 5. The zero-order valence-corrected chi connectivity index (χ0v) is 19.9. The largest absolute Gasteiger partial charge is 0.424 e. The number of anilines is 2. The number of rotatable bonds is 6. The summed E-state index contributed by atoms with van der Waals surface area (Å²) in [5.41, 5.74) is -0.782. The van der Waals surface area contributed by atoms with Gasteiger partial charge in [-0.05, 0) is 49.8 Å². The van der Waals surface area contributed by atoms with Crippen molar-refractivity contribution in [2.45, 2.75) is 44.7 Å². The Morgan fingerprint density at radius 3 is 2.37 bits per heavy atom. The second-order valence-corrected chi connectivity index (χ2v) is 9.42. The number of halogens is 7. The van der Waals surface area contributed by atoms with Crippen molar-refractivity contribution in [3.05, 3.63) is 47.7 Å². The van der Waals surface area contributed by atoms with Crippen LogP contribution in [0.2, 0.25) is 0 Å². The molecule has 0 amide bonds. The van der Waals surface area contributed by atoms with Crippen molar-refractivity contribution in [3.63, 3.8) is 0 Å². The van der Waals surface area contributed by atoms with Gasteiger partial charge in [0.2, 0.25) is 5.95 Å². The molecule has 38 heavy (non-hydrogen) atoms. The van der Waals surface area contributed by atoms with E-state index in [1.54, 1.807) is 0 Å². The van der Waals surface area contributed by atoms with Gasteiger partial charge in [-0.15, -0.1) is 5.10 Å². The number of fused-ring (bicyclic) bond motifs is 2. The van der Waals surface area contributed by atoms with Crippen molar-refractivity contribution in [2.75, 3.05) is 23.3 Å². The molecule has 1 saturated carbocycles. The Hall–Kier alpha value is -3.65. The first-order valence-corrected chi connectivity index (χ1v) is 11.7. The van der Waals surface area contributed by atoms with Gasteiger partial charge in [0.15, 0.2) is 0 Å². The van der Waals surface area contributed by atoms with Gasteiger partial charge in [-0.3, -0.25) is 0 Å². The number of hydrogen-bond donors (Lipinski definition) is 1. The first kappa shape index (κ1) is 26.0. The van der Waals surface area contributed by atoms with E-state index >= 15 is 0 Å². The first-order chi connectivity index (χ1) is 17.9. The summed E-state index contributed by atoms with van der Waals surface area (Å²) in [4.78, 5) is 14.6. The van der Waals surface area contributed by atoms with E-state index in [0.29, 0.717) is 29.9 Å². The van der Waals surface area contributed by atoms with Crippen molar-refractivity contribution in [1.82, 2.24) is 24.7 Å². The number of benzene rings is 1. The fourth-order valence-corrected chi connectivity index (χ4v) is 5.04. The molecular formula is C23H22F7N7O. The predicted octanol–water partition coefficient (Wildman–Crippen LogP) is 5.22. The van der Waals surface area contributed by atoms with E-state index in [9.17, 15) is 30.7 Å². The second kappa shape index (κ2) is 9.58. The quantitative estimate of drug-likeness (QED) is 0.426. The molecule has 3 aromatic rings. The number of alkyl halides is 6. The maximum absolute atomic E-state index is 13.6. The summed E-state index contributed by atoms with van der Waals surface area (Å²) < 4.78 is 98.1. The highest BCUT2D eigenvalue weighted by Crippen LogP contribution is 2.40. The summed E-state index contributed by atoms with van der Waals surface area (Å²) in [5.74, 6) is -1.15. The third kappa shape index (κ3) is 5.60. The number of ether oxygens (including phenoxy) is 1. The van der Waals surface area contributed by atoms with Crippen LogP contribution in [-0.2, 0) is 12.7 Å². The second-order valence-electron chi connectivity index (χ2n) is 9.42. The van der Waals surface area contributed by atoms with Gasteiger partial charge in [0.25, 0.3) is 0 Å². The summed E-state index contributed by atoms with van der Waals surface area (Å²) in [6, 6.07) is 2.83. The minimum atomic E-state index is -5.02. The molecule has 8 nitrogen and oxygen atoms in total. The lowest BCUT2D eigenvalue weighted by Crippen LogP contribution is -2.48. The molecule has 0 spiro atoms. The summed E-state index contributed by atoms with van der Waals surface area (Å²) in [6.07, 6.45) is -6.47. The Labute approximate surface area is 211 Å². The number of hydrogen-bond acceptors (Lipinski definition) is 7. The molecule has 204 valence electrons. The standard InChI is InChI=1S/C23H22F7N7O/c1-12-6-18(32-11-31-12)36-8-13-2-3-14(9-36)19(13)33-20-34-21(37(35-20)10-22(25,26)27)38-15-4-5-17(24)16(7-15)23(28,29)30/h4-7,11,13-14,19H,2-3,8-10H2,1H3,(H,33,35)/t13-,14+,19-. The van der Waals surface area contributed by atoms with E-state index in [1.807, 2.05) is 13.0 Å². The summed E-state index contributed by atoms with van der Waals surface area (Å²) in [7, 11) is 0. The fraction of sp³-hybridized carbons (Fsp3) is 0.478. The average Bonchev–Trinajstić information content (AvgIpc) is 3.27. The van der Waals surface area contributed by atoms with Gasteiger partial charge < -0.3 is 15.0 Å². The van der Waals surface area contributed by atoms with Crippen LogP contribution < -0.4 is 15.0 Å². The molecule has 15 heteroatoms. The molecule has 1 aromatic carbocycles. The molecule has 2 fully saturated rings. The predicted molar refractivity (Wildman–Crippen MR) is 120 cm³/mol. The molecule has 0 radical (unpaired) electrons. The van der Waals surface area contributed by atoms with Crippen molar-refractivity contribution in [1.29, 1.82) is 0 Å². The Morgan fingerprint density at radius 1 is 1.03 bits per heavy atom. The van der Waals surface area contributed by atoms with Gasteiger partial charge in [0.05, 0.1) is 5.56 Å². The zero-order chi connectivity index (χ0) is 27.2. The van der Waals surface area contributed by atoms with Crippen LogP contribution in [-0.4, -0.2) is 50.0 Å². The van der Waals surface area contributed by atoms with E-state index in [2.05, 4.69) is 30.3 Å². The Bertz CT molecular complexity index is 1300. The van der Waals surface area contributed by atoms with Gasteiger partial charge in [0, 0.05) is 30.9 Å². The molecule has 1 saturated heterocycles. The molecule has 2 aromatic heterocycles. The SMILES string of the molecule is Cc1cc(N2C[C@H]3CC[C@@H](C2)[C@@H]3Nc2nc(Oc3ccc(F)c(C(F)(F)F)c3)n(CC(F)(F)F)n2)ncn1. The lowest BCUT2D eigenvalue weighted by atomic mass is 9.92. The van der Waals surface area contributed by atoms with Gasteiger partial charge in [-0.2, -0.15) is 31.3 Å². The van der Waals surface area contributed by atoms with Crippen LogP contribution in [0.4, 0.5) is 42.5 Å². The molecule has 1 N–H and O–H groups in total. The molecule has 2 aliphatic rings. The number of piperidine rings is 1. The van der Waals surface area contributed by atoms with Crippen LogP contribution in [0.25, 0.3) is 0 Å². The van der Waals surface area contributed by atoms with Gasteiger partial charge in [-0.25, -0.2) is 19.0 Å². The smallest absolute Gasteiger partial charge is 0.419 e. The molecule has 1 aliphatic heterocycles. The van der Waals surface area contributed by atoms with E-state index in [1.165, 1.54) is 6.33 Å². The van der Waals surface area contributed by atoms with E-state index < -0.39 is 42.0 Å². The minimum Gasteiger partial charge on any atom is -0.424 e. The number of nitrogens with zero attached hydrogens (tertiary/aromatic N) is 6. The molecule has 3 heterocycles. The Kier molecular flexibility index (Phi) is 6.55. The van der Waals surface area contributed by atoms with Crippen molar-refractivity contribution in [3.8, 4) is 11.8 Å². The molecular weight excluding hydrogens is 523 g/mol. The maximum atomic E-state index is 13.6. The third-order valence-electron chi connectivity index (χ3n) is 6.66. The van der Waals surface area contributed by atoms with E-state index in [4.69, 9.17) is 4.74 Å². The van der Waals surface area contributed by atoms with Crippen LogP contribution in [0, 0.1) is 24.6 Å². The molecule has 0 unspecified atom stereocenters. The molecule has 5 rings (SSSR count). The third-order valence-corrected chi connectivity index (χ3v) is 6.66. The molecule has 3 atom stereocenters. The normalized spacial score (nSPS) is 21.6. The van der Waals surface area contributed by atoms with Gasteiger partial charge in [0.1, 0.15) is 30.3 Å². The lowest BCUT2D eigenvalue weighted by molar-refractivity contribution is -0.143. The van der Waals surface area contributed by atoms with Crippen LogP contribution in [0.1, 0.15) is 24.1 Å². The zero-order valence-electron chi connectivity index (χ0n) is 19.9. The fourth-order valence-electron chi connectivity index (χ4n) is 5.04. The highest BCUT2D eigenvalue weighted by molar-refractivity contribution is 5.42. The van der Waals surface area contributed by atoms with Gasteiger partial charge >= 0.3 is 18.4 Å². The van der Waals surface area contributed by atoms with Crippen LogP contribution >= 0.6 is 0 Å². The number of aryl methyl sites for hydroxylation is 1. The Morgan fingerprint density at radius 2 is 1.74 bits per heavy atom. The summed E-state index contributed by atoms with van der Waals surface area (Å²) in [5, 5.41) is 6.99. The monoisotopic (exact) mass is 545 g/mol. The van der Waals surface area contributed by atoms with Crippen LogP contribution in [0.5, 0.6) is 11.8 Å². The van der Waals surface area contributed by atoms with Crippen molar-refractivity contribution >= 4 is 11.8 Å². The summed E-state index contributed by atoms with van der Waals surface area (Å²) in [6.45, 7) is 1.61. The minimum absolute atomic E-state index is 0.133. The van der Waals surface area contributed by atoms with E-state index in [0.717, 1.165) is 30.4 Å². The van der Waals surface area contributed by atoms with Crippen LogP contribution in [0.3, 0.4) is 0 Å². The topological polar surface area (TPSA) is 81.0 Å². The Balaban J connectivity index is 1.36. The lowest BCUT2D eigenvalue weighted by Gasteiger charge is -2.38. The molecule has 2 bridgehead atoms. The highest BCUT2D eigenvalue weighted by Gasteiger charge is 2.43. The van der Waals surface area contributed by atoms with Crippen molar-refractivity contribution < 1.29 is 35.5 Å². The molecule has 1 aliphatic carbocycles. The summed E-state index contributed by atoms with van der Waals surface area (Å²) >= 11 is 0. The first-order valence-electron chi connectivity index (χ1n) is 11.7. The van der Waals surface area contributed by atoms with Gasteiger partial charge in [-0.1, -0.05) is 0 Å². The highest BCUT2D eigenvalue weighted by atomic mass is 19.4. The average molecular weight is 545 g/mol.